The van der Waals surface area contributed by atoms with Gasteiger partial charge in [-0.15, -0.1) is 10.2 Å². The molecule has 1 amide bonds. The van der Waals surface area contributed by atoms with Crippen LogP contribution in [0.4, 0.5) is 30.4 Å². The Kier molecular flexibility index (Phi) is 5.04. The van der Waals surface area contributed by atoms with E-state index >= 15 is 0 Å². The number of hydrogen-bond acceptors (Lipinski definition) is 4. The molecule has 0 aliphatic heterocycles. The Morgan fingerprint density at radius 1 is 0.885 bits per heavy atom. The molecule has 26 heavy (non-hydrogen) atoms. The second-order valence-corrected chi connectivity index (χ2v) is 5.49. The van der Waals surface area contributed by atoms with Crippen LogP contribution in [-0.2, 0) is 0 Å². The second-order valence-electron chi connectivity index (χ2n) is 5.09. The van der Waals surface area contributed by atoms with Gasteiger partial charge in [-0.25, -0.2) is 13.2 Å². The Morgan fingerprint density at radius 2 is 1.65 bits per heavy atom. The fourth-order valence-electron chi connectivity index (χ4n) is 2.03. The van der Waals surface area contributed by atoms with Crippen LogP contribution in [0.5, 0.6) is 0 Å². The van der Waals surface area contributed by atoms with Crippen LogP contribution in [0, 0.1) is 17.5 Å². The minimum Gasteiger partial charge on any atom is -0.338 e. The Hall–Kier alpha value is -3.13. The number of para-hydroxylation sites is 1. The number of nitrogens with one attached hydrogen (secondary N) is 2. The predicted octanol–water partition coefficient (Wildman–Crippen LogP) is 4.54. The van der Waals surface area contributed by atoms with E-state index in [1.807, 2.05) is 0 Å². The van der Waals surface area contributed by atoms with Crippen molar-refractivity contribution in [1.29, 1.82) is 0 Å². The summed E-state index contributed by atoms with van der Waals surface area (Å²) in [5, 5.41) is 13.0. The van der Waals surface area contributed by atoms with Crippen molar-refractivity contribution in [2.24, 2.45) is 0 Å². The van der Waals surface area contributed by atoms with Crippen LogP contribution in [0.15, 0.2) is 48.5 Å². The van der Waals surface area contributed by atoms with Crippen molar-refractivity contribution in [2.75, 3.05) is 10.6 Å². The summed E-state index contributed by atoms with van der Waals surface area (Å²) >= 11 is 6.02. The number of rotatable bonds is 4. The first kappa shape index (κ1) is 17.7. The summed E-state index contributed by atoms with van der Waals surface area (Å²) < 4.78 is 39.7. The van der Waals surface area contributed by atoms with E-state index in [9.17, 15) is 18.0 Å². The van der Waals surface area contributed by atoms with Crippen LogP contribution in [0.3, 0.4) is 0 Å². The first-order valence-electron chi connectivity index (χ1n) is 7.26. The Balaban J connectivity index is 1.73. The number of benzene rings is 2. The smallest absolute Gasteiger partial charge is 0.276 e. The molecule has 3 aromatic rings. The maximum absolute atomic E-state index is 13.6. The number of halogens is 4. The zero-order valence-electron chi connectivity index (χ0n) is 12.9. The third-order valence-electron chi connectivity index (χ3n) is 3.32. The molecule has 0 saturated carbocycles. The zero-order chi connectivity index (χ0) is 18.7. The van der Waals surface area contributed by atoms with Gasteiger partial charge in [-0.3, -0.25) is 4.79 Å². The summed E-state index contributed by atoms with van der Waals surface area (Å²) in [5.74, 6) is -5.02. The number of hydrogen-bond donors (Lipinski definition) is 2. The molecule has 132 valence electrons. The van der Waals surface area contributed by atoms with Crippen molar-refractivity contribution < 1.29 is 18.0 Å². The highest BCUT2D eigenvalue weighted by atomic mass is 35.5. The van der Waals surface area contributed by atoms with E-state index in [4.69, 9.17) is 11.6 Å². The number of carbonyl (C=O) groups excluding carboxylic acids is 1. The van der Waals surface area contributed by atoms with Crippen LogP contribution in [0.2, 0.25) is 5.02 Å². The van der Waals surface area contributed by atoms with E-state index in [1.54, 1.807) is 24.3 Å². The van der Waals surface area contributed by atoms with Crippen molar-refractivity contribution in [3.8, 4) is 0 Å². The van der Waals surface area contributed by atoms with Gasteiger partial charge in [0.15, 0.2) is 29.0 Å². The highest BCUT2D eigenvalue weighted by Gasteiger charge is 2.17. The Bertz CT molecular complexity index is 967. The molecule has 0 atom stereocenters. The molecule has 0 bridgehead atoms. The van der Waals surface area contributed by atoms with Gasteiger partial charge in [0, 0.05) is 0 Å². The topological polar surface area (TPSA) is 66.9 Å². The van der Waals surface area contributed by atoms with Crippen LogP contribution in [-0.4, -0.2) is 16.1 Å². The van der Waals surface area contributed by atoms with Crippen molar-refractivity contribution in [2.45, 2.75) is 0 Å². The van der Waals surface area contributed by atoms with Crippen molar-refractivity contribution in [1.82, 2.24) is 10.2 Å². The predicted molar refractivity (Wildman–Crippen MR) is 91.0 cm³/mol. The van der Waals surface area contributed by atoms with Crippen LogP contribution < -0.4 is 10.6 Å². The van der Waals surface area contributed by atoms with Gasteiger partial charge in [0.05, 0.1) is 16.4 Å². The monoisotopic (exact) mass is 378 g/mol. The average Bonchev–Trinajstić information content (AvgIpc) is 2.64. The third kappa shape index (κ3) is 3.75. The first-order chi connectivity index (χ1) is 12.5. The van der Waals surface area contributed by atoms with Crippen molar-refractivity contribution in [3.05, 3.63) is 76.7 Å². The number of amides is 1. The molecular formula is C17H10ClF3N4O. The van der Waals surface area contributed by atoms with Gasteiger partial charge in [0.1, 0.15) is 0 Å². The van der Waals surface area contributed by atoms with Crippen LogP contribution >= 0.6 is 11.6 Å². The lowest BCUT2D eigenvalue weighted by atomic mass is 10.2. The van der Waals surface area contributed by atoms with Gasteiger partial charge < -0.3 is 10.6 Å². The van der Waals surface area contributed by atoms with E-state index < -0.39 is 29.0 Å². The Labute approximate surface area is 150 Å². The number of anilines is 3. The normalized spacial score (nSPS) is 10.5. The van der Waals surface area contributed by atoms with Crippen molar-refractivity contribution >= 4 is 34.7 Å². The minimum atomic E-state index is -1.67. The van der Waals surface area contributed by atoms with Crippen molar-refractivity contribution in [3.63, 3.8) is 0 Å². The SMILES string of the molecule is O=C(Nc1ccc(F)c(F)c1F)c1ccc(Nc2ccccc2Cl)nn1. The molecule has 1 aromatic heterocycles. The number of aromatic nitrogens is 2. The molecule has 9 heteroatoms. The molecule has 0 aliphatic rings. The highest BCUT2D eigenvalue weighted by molar-refractivity contribution is 6.33. The summed E-state index contributed by atoms with van der Waals surface area (Å²) in [4.78, 5) is 12.0. The average molecular weight is 379 g/mol. The lowest BCUT2D eigenvalue weighted by Crippen LogP contribution is -2.16. The van der Waals surface area contributed by atoms with E-state index in [2.05, 4.69) is 20.8 Å². The summed E-state index contributed by atoms with van der Waals surface area (Å²) in [6.07, 6.45) is 0. The maximum Gasteiger partial charge on any atom is 0.276 e. The lowest BCUT2D eigenvalue weighted by Gasteiger charge is -2.08. The lowest BCUT2D eigenvalue weighted by molar-refractivity contribution is 0.102. The molecule has 0 unspecified atom stereocenters. The third-order valence-corrected chi connectivity index (χ3v) is 3.65. The summed E-state index contributed by atoms with van der Waals surface area (Å²) in [6, 6.07) is 11.4. The van der Waals surface area contributed by atoms with Gasteiger partial charge >= 0.3 is 0 Å². The maximum atomic E-state index is 13.6. The molecule has 2 aromatic carbocycles. The summed E-state index contributed by atoms with van der Waals surface area (Å²) in [6.45, 7) is 0. The molecule has 0 spiro atoms. The van der Waals surface area contributed by atoms with Gasteiger partial charge in [-0.2, -0.15) is 0 Å². The second kappa shape index (κ2) is 7.40. The fraction of sp³-hybridized carbons (Fsp3) is 0. The van der Waals surface area contributed by atoms with Gasteiger partial charge in [0.2, 0.25) is 0 Å². The van der Waals surface area contributed by atoms with Crippen LogP contribution in [0.1, 0.15) is 10.5 Å². The summed E-state index contributed by atoms with van der Waals surface area (Å²) in [5.41, 5.74) is -0.0441. The van der Waals surface area contributed by atoms with Gasteiger partial charge in [-0.05, 0) is 36.4 Å². The molecule has 0 fully saturated rings. The van der Waals surface area contributed by atoms with E-state index in [0.29, 0.717) is 22.6 Å². The highest BCUT2D eigenvalue weighted by Crippen LogP contribution is 2.24. The largest absolute Gasteiger partial charge is 0.338 e. The quantitative estimate of drug-likeness (QED) is 0.654. The van der Waals surface area contributed by atoms with Gasteiger partial charge in [-0.1, -0.05) is 23.7 Å². The number of nitrogens with zero attached hydrogens (tertiary/aromatic N) is 2. The summed E-state index contributed by atoms with van der Waals surface area (Å²) in [7, 11) is 0. The molecule has 1 heterocycles. The van der Waals surface area contributed by atoms with E-state index in [0.717, 1.165) is 6.07 Å². The standard InChI is InChI=1S/C17H10ClF3N4O/c18-9-3-1-2-4-11(9)22-14-8-7-13(24-25-14)17(26)23-12-6-5-10(19)15(20)16(12)21/h1-8H,(H,22,25)(H,23,26). The molecule has 0 saturated heterocycles. The zero-order valence-corrected chi connectivity index (χ0v) is 13.7. The van der Waals surface area contributed by atoms with E-state index in [1.165, 1.54) is 12.1 Å². The molecule has 3 rings (SSSR count). The minimum absolute atomic E-state index is 0.140. The van der Waals surface area contributed by atoms with Crippen LogP contribution in [0.25, 0.3) is 0 Å². The Morgan fingerprint density at radius 3 is 2.35 bits per heavy atom. The number of carbonyl (C=O) groups is 1. The fourth-order valence-corrected chi connectivity index (χ4v) is 2.21. The van der Waals surface area contributed by atoms with Gasteiger partial charge in [0.25, 0.3) is 5.91 Å². The molecule has 0 radical (unpaired) electrons. The van der Waals surface area contributed by atoms with E-state index in [-0.39, 0.29) is 5.69 Å². The molecule has 5 nitrogen and oxygen atoms in total. The molecule has 0 aliphatic carbocycles. The molecule has 2 N–H and O–H groups in total. The first-order valence-corrected chi connectivity index (χ1v) is 7.63. The molecular weight excluding hydrogens is 369 g/mol.